The van der Waals surface area contributed by atoms with E-state index >= 15 is 0 Å². The van der Waals surface area contributed by atoms with Gasteiger partial charge in [0.25, 0.3) is 0 Å². The fourth-order valence-electron chi connectivity index (χ4n) is 3.61. The normalized spacial score (nSPS) is 14.3. The van der Waals surface area contributed by atoms with Gasteiger partial charge in [0, 0.05) is 35.3 Å². The average Bonchev–Trinajstić information content (AvgIpc) is 3.14. The molecule has 3 heterocycles. The zero-order valence-corrected chi connectivity index (χ0v) is 20.7. The fourth-order valence-corrected chi connectivity index (χ4v) is 5.00. The summed E-state index contributed by atoms with van der Waals surface area (Å²) in [4.78, 5) is 27.7. The van der Waals surface area contributed by atoms with Crippen LogP contribution < -0.4 is 5.32 Å². The Morgan fingerprint density at radius 2 is 2.15 bits per heavy atom. The zero-order valence-electron chi connectivity index (χ0n) is 19.2. The summed E-state index contributed by atoms with van der Waals surface area (Å²) in [5, 5.41) is 4.24. The number of carbonyl (C=O) groups is 1. The summed E-state index contributed by atoms with van der Waals surface area (Å²) in [7, 11) is 2.05. The highest BCUT2D eigenvalue weighted by Crippen LogP contribution is 2.38. The van der Waals surface area contributed by atoms with Crippen LogP contribution in [-0.2, 0) is 17.8 Å². The highest BCUT2D eigenvalue weighted by molar-refractivity contribution is 7.19. The molecule has 0 fully saturated rings. The average molecular weight is 488 g/mol. The minimum atomic E-state index is -0.466. The van der Waals surface area contributed by atoms with Gasteiger partial charge in [0.05, 0.1) is 17.0 Å². The first-order valence-electron chi connectivity index (χ1n) is 10.8. The molecule has 2 aromatic heterocycles. The van der Waals surface area contributed by atoms with Crippen molar-refractivity contribution in [3.8, 4) is 0 Å². The van der Waals surface area contributed by atoms with Crippen molar-refractivity contribution in [3.63, 3.8) is 0 Å². The monoisotopic (exact) mass is 487 g/mol. The minimum Gasteiger partial charge on any atom is -0.340 e. The third-order valence-electron chi connectivity index (χ3n) is 5.92. The molecular formula is C24H27ClFN5OS. The van der Waals surface area contributed by atoms with E-state index in [9.17, 15) is 9.18 Å². The Labute approximate surface area is 202 Å². The number of likely N-dealkylation sites (N-methyl/N-ethyl adjacent to an activating group) is 1. The van der Waals surface area contributed by atoms with Gasteiger partial charge in [0.1, 0.15) is 22.8 Å². The number of nitrogens with one attached hydrogen (secondary N) is 1. The maximum absolute atomic E-state index is 13.5. The molecule has 0 spiro atoms. The number of anilines is 2. The molecule has 0 saturated heterocycles. The maximum atomic E-state index is 13.5. The van der Waals surface area contributed by atoms with Crippen molar-refractivity contribution in [2.45, 2.75) is 39.3 Å². The molecule has 174 valence electrons. The van der Waals surface area contributed by atoms with Crippen molar-refractivity contribution in [3.05, 3.63) is 58.0 Å². The molecule has 4 rings (SSSR count). The fraction of sp³-hybridized carbons (Fsp3) is 0.375. The lowest BCUT2D eigenvalue weighted by Crippen LogP contribution is -2.38. The van der Waals surface area contributed by atoms with Crippen molar-refractivity contribution in [1.29, 1.82) is 0 Å². The molecule has 0 atom stereocenters. The molecule has 0 saturated carbocycles. The van der Waals surface area contributed by atoms with Gasteiger partial charge in [-0.3, -0.25) is 9.69 Å². The molecule has 0 aliphatic carbocycles. The SMILES string of the molecule is CN(CC=CC(=O)N1CCc2c(sc3ncnc(Nc4ccc(F)c(Cl)c4)c23)C1)C(C)(C)C. The lowest BCUT2D eigenvalue weighted by atomic mass is 10.0. The summed E-state index contributed by atoms with van der Waals surface area (Å²) >= 11 is 7.50. The molecule has 0 unspecified atom stereocenters. The Morgan fingerprint density at radius 3 is 2.88 bits per heavy atom. The number of amides is 1. The van der Waals surface area contributed by atoms with E-state index in [2.05, 4.69) is 41.0 Å². The summed E-state index contributed by atoms with van der Waals surface area (Å²) in [6.45, 7) is 8.34. The number of fused-ring (bicyclic) bond motifs is 3. The van der Waals surface area contributed by atoms with Gasteiger partial charge < -0.3 is 10.2 Å². The third-order valence-corrected chi connectivity index (χ3v) is 7.33. The van der Waals surface area contributed by atoms with Gasteiger partial charge >= 0.3 is 0 Å². The van der Waals surface area contributed by atoms with Crippen LogP contribution in [0.5, 0.6) is 0 Å². The topological polar surface area (TPSA) is 61.4 Å². The number of rotatable bonds is 5. The van der Waals surface area contributed by atoms with Crippen LogP contribution in [0, 0.1) is 5.82 Å². The van der Waals surface area contributed by atoms with E-state index in [1.165, 1.54) is 18.5 Å². The second kappa shape index (κ2) is 9.37. The largest absolute Gasteiger partial charge is 0.340 e. The predicted octanol–water partition coefficient (Wildman–Crippen LogP) is 5.40. The Balaban J connectivity index is 1.52. The smallest absolute Gasteiger partial charge is 0.246 e. The van der Waals surface area contributed by atoms with Crippen LogP contribution in [0.4, 0.5) is 15.9 Å². The number of hydrogen-bond acceptors (Lipinski definition) is 6. The Bertz CT molecular complexity index is 1220. The number of nitrogens with zero attached hydrogens (tertiary/aromatic N) is 4. The van der Waals surface area contributed by atoms with E-state index in [1.807, 2.05) is 18.0 Å². The highest BCUT2D eigenvalue weighted by atomic mass is 35.5. The molecule has 3 aromatic rings. The minimum absolute atomic E-state index is 0.0193. The van der Waals surface area contributed by atoms with Crippen LogP contribution in [0.2, 0.25) is 5.02 Å². The van der Waals surface area contributed by atoms with Crippen molar-refractivity contribution in [2.24, 2.45) is 0 Å². The van der Waals surface area contributed by atoms with Crippen molar-refractivity contribution in [1.82, 2.24) is 19.8 Å². The number of halogens is 2. The van der Waals surface area contributed by atoms with Gasteiger partial charge in [0.15, 0.2) is 0 Å². The highest BCUT2D eigenvalue weighted by Gasteiger charge is 2.25. The molecular weight excluding hydrogens is 461 g/mol. The molecule has 1 amide bonds. The van der Waals surface area contributed by atoms with E-state index in [4.69, 9.17) is 11.6 Å². The lowest BCUT2D eigenvalue weighted by molar-refractivity contribution is -0.126. The molecule has 33 heavy (non-hydrogen) atoms. The van der Waals surface area contributed by atoms with Gasteiger partial charge in [0.2, 0.25) is 5.91 Å². The Kier molecular flexibility index (Phi) is 6.70. The van der Waals surface area contributed by atoms with Crippen molar-refractivity contribution < 1.29 is 9.18 Å². The maximum Gasteiger partial charge on any atom is 0.246 e. The molecule has 1 aliphatic rings. The predicted molar refractivity (Wildman–Crippen MR) is 133 cm³/mol. The summed E-state index contributed by atoms with van der Waals surface area (Å²) in [5.74, 6) is 0.211. The van der Waals surface area contributed by atoms with Crippen molar-refractivity contribution >= 4 is 50.6 Å². The second-order valence-corrected chi connectivity index (χ2v) is 10.6. The van der Waals surface area contributed by atoms with E-state index < -0.39 is 5.82 Å². The van der Waals surface area contributed by atoms with E-state index in [0.29, 0.717) is 24.6 Å². The molecule has 9 heteroatoms. The standard InChI is InChI=1S/C24H27ClFN5OS/c1-24(2,3)30(4)10-5-6-20(32)31-11-9-16-19(13-31)33-23-21(16)22(27-14-28-23)29-15-7-8-18(26)17(25)12-15/h5-8,12,14H,9-11,13H2,1-4H3,(H,27,28,29). The zero-order chi connectivity index (χ0) is 23.8. The van der Waals surface area contributed by atoms with Crippen LogP contribution in [0.15, 0.2) is 36.7 Å². The number of hydrogen-bond donors (Lipinski definition) is 1. The molecule has 0 radical (unpaired) electrons. The summed E-state index contributed by atoms with van der Waals surface area (Å²) in [6.07, 6.45) is 5.83. The first-order chi connectivity index (χ1) is 15.6. The van der Waals surface area contributed by atoms with Gasteiger partial charge in [-0.2, -0.15) is 0 Å². The molecule has 0 bridgehead atoms. The van der Waals surface area contributed by atoms with Crippen molar-refractivity contribution in [2.75, 3.05) is 25.5 Å². The number of benzene rings is 1. The molecule has 1 N–H and O–H groups in total. The lowest BCUT2D eigenvalue weighted by Gasteiger charge is -2.31. The van der Waals surface area contributed by atoms with Gasteiger partial charge in [-0.05, 0) is 58.0 Å². The summed E-state index contributed by atoms with van der Waals surface area (Å²) < 4.78 is 13.5. The van der Waals surface area contributed by atoms with Gasteiger partial charge in [-0.1, -0.05) is 17.7 Å². The number of aromatic nitrogens is 2. The Morgan fingerprint density at radius 1 is 1.36 bits per heavy atom. The van der Waals surface area contributed by atoms with Crippen LogP contribution in [0.1, 0.15) is 31.2 Å². The quantitative estimate of drug-likeness (QED) is 0.488. The second-order valence-electron chi connectivity index (χ2n) is 9.12. The molecule has 1 aliphatic heterocycles. The van der Waals surface area contributed by atoms with Crippen LogP contribution in [0.25, 0.3) is 10.2 Å². The molecule has 6 nitrogen and oxygen atoms in total. The molecule has 1 aromatic carbocycles. The third kappa shape index (κ3) is 5.18. The van der Waals surface area contributed by atoms with E-state index in [0.717, 1.165) is 33.6 Å². The van der Waals surface area contributed by atoms with Gasteiger partial charge in [-0.15, -0.1) is 11.3 Å². The van der Waals surface area contributed by atoms with Crippen LogP contribution in [0.3, 0.4) is 0 Å². The summed E-state index contributed by atoms with van der Waals surface area (Å²) in [6, 6.07) is 4.48. The number of carbonyl (C=O) groups excluding carboxylic acids is 1. The van der Waals surface area contributed by atoms with Crippen LogP contribution >= 0.6 is 22.9 Å². The first-order valence-corrected chi connectivity index (χ1v) is 12.0. The number of thiophene rings is 1. The van der Waals surface area contributed by atoms with E-state index in [-0.39, 0.29) is 16.5 Å². The Hall–Kier alpha value is -2.55. The summed E-state index contributed by atoms with van der Waals surface area (Å²) in [5.41, 5.74) is 1.86. The van der Waals surface area contributed by atoms with E-state index in [1.54, 1.807) is 23.5 Å². The first kappa shape index (κ1) is 23.6. The van der Waals surface area contributed by atoms with Crippen LogP contribution in [-0.4, -0.2) is 51.4 Å². The van der Waals surface area contributed by atoms with Gasteiger partial charge in [-0.25, -0.2) is 14.4 Å².